The molecule has 0 amide bonds. The van der Waals surface area contributed by atoms with E-state index in [2.05, 4.69) is 52.7 Å². The molecule has 0 saturated carbocycles. The summed E-state index contributed by atoms with van der Waals surface area (Å²) in [5, 5.41) is 6.51. The predicted octanol–water partition coefficient (Wildman–Crippen LogP) is 3.35. The van der Waals surface area contributed by atoms with E-state index in [9.17, 15) is 0 Å². The third-order valence-electron chi connectivity index (χ3n) is 4.76. The van der Waals surface area contributed by atoms with Crippen LogP contribution >= 0.6 is 0 Å². The first kappa shape index (κ1) is 11.3. The number of fused-ring (bicyclic) bond motifs is 3. The highest BCUT2D eigenvalue weighted by molar-refractivity contribution is 5.93. The lowest BCUT2D eigenvalue weighted by atomic mass is 9.93. The van der Waals surface area contributed by atoms with Crippen LogP contribution in [0.5, 0.6) is 0 Å². The summed E-state index contributed by atoms with van der Waals surface area (Å²) in [5.41, 5.74) is 1.31. The first-order chi connectivity index (χ1) is 9.40. The number of nitrogens with one attached hydrogen (secondary N) is 1. The van der Waals surface area contributed by atoms with Gasteiger partial charge in [-0.2, -0.15) is 0 Å². The summed E-state index contributed by atoms with van der Waals surface area (Å²) in [4.78, 5) is 2.60. The number of hydrogen-bond acceptors (Lipinski definition) is 2. The minimum Gasteiger partial charge on any atom is -0.381 e. The van der Waals surface area contributed by atoms with Crippen LogP contribution in [-0.2, 0) is 0 Å². The van der Waals surface area contributed by atoms with Gasteiger partial charge in [-0.25, -0.2) is 0 Å². The number of rotatable bonds is 2. The number of anilines is 1. The predicted molar refractivity (Wildman–Crippen MR) is 80.5 cm³/mol. The molecule has 0 radical (unpaired) electrons. The molecule has 0 aliphatic carbocycles. The van der Waals surface area contributed by atoms with Crippen molar-refractivity contribution in [3.63, 3.8) is 0 Å². The van der Waals surface area contributed by atoms with E-state index in [4.69, 9.17) is 0 Å². The van der Waals surface area contributed by atoms with Gasteiger partial charge in [0.15, 0.2) is 0 Å². The Morgan fingerprint density at radius 2 is 1.79 bits per heavy atom. The third kappa shape index (κ3) is 2.00. The van der Waals surface area contributed by atoms with Crippen LogP contribution < -0.4 is 5.32 Å². The van der Waals surface area contributed by atoms with Crippen LogP contribution in [0.3, 0.4) is 0 Å². The lowest BCUT2D eigenvalue weighted by molar-refractivity contribution is 0.255. The fourth-order valence-electron chi connectivity index (χ4n) is 3.69. The summed E-state index contributed by atoms with van der Waals surface area (Å²) >= 11 is 0. The second-order valence-electron chi connectivity index (χ2n) is 5.92. The van der Waals surface area contributed by atoms with Gasteiger partial charge >= 0.3 is 0 Å². The number of benzene rings is 2. The normalized spacial score (nSPS) is 29.6. The Balaban J connectivity index is 1.64. The minimum absolute atomic E-state index is 0.657. The van der Waals surface area contributed by atoms with Gasteiger partial charge in [0.2, 0.25) is 0 Å². The van der Waals surface area contributed by atoms with Gasteiger partial charge in [0.25, 0.3) is 0 Å². The summed E-state index contributed by atoms with van der Waals surface area (Å²) in [5.74, 6) is 0.840. The Labute approximate surface area is 114 Å². The monoisotopic (exact) mass is 252 g/mol. The summed E-state index contributed by atoms with van der Waals surface area (Å²) < 4.78 is 0. The smallest absolute Gasteiger partial charge is 0.0422 e. The average molecular weight is 252 g/mol. The Bertz CT molecular complexity index is 587. The first-order valence-electron chi connectivity index (χ1n) is 7.37. The van der Waals surface area contributed by atoms with Gasteiger partial charge in [0.1, 0.15) is 0 Å². The van der Waals surface area contributed by atoms with Crippen molar-refractivity contribution in [2.45, 2.75) is 18.9 Å². The Hall–Kier alpha value is -1.54. The second-order valence-corrected chi connectivity index (χ2v) is 5.92. The van der Waals surface area contributed by atoms with E-state index in [0.29, 0.717) is 6.04 Å². The van der Waals surface area contributed by atoms with Gasteiger partial charge in [-0.3, -0.25) is 0 Å². The van der Waals surface area contributed by atoms with Crippen molar-refractivity contribution in [2.24, 2.45) is 5.92 Å². The van der Waals surface area contributed by atoms with Crippen LogP contribution in [0.25, 0.3) is 10.8 Å². The number of piperidine rings is 1. The van der Waals surface area contributed by atoms with Crippen LogP contribution in [0, 0.1) is 5.92 Å². The summed E-state index contributed by atoms with van der Waals surface area (Å²) in [7, 11) is 0. The fraction of sp³-hybridized carbons (Fsp3) is 0.412. The van der Waals surface area contributed by atoms with Crippen LogP contribution in [-0.4, -0.2) is 30.6 Å². The molecule has 4 rings (SSSR count). The van der Waals surface area contributed by atoms with Gasteiger partial charge in [-0.1, -0.05) is 36.4 Å². The number of hydrogen-bond donors (Lipinski definition) is 1. The first-order valence-corrected chi connectivity index (χ1v) is 7.37. The van der Waals surface area contributed by atoms with Crippen LogP contribution in [0.15, 0.2) is 42.5 Å². The van der Waals surface area contributed by atoms with E-state index in [1.54, 1.807) is 0 Å². The van der Waals surface area contributed by atoms with Gasteiger partial charge in [0, 0.05) is 30.2 Å². The van der Waals surface area contributed by atoms with Crippen molar-refractivity contribution in [1.82, 2.24) is 4.90 Å². The molecular weight excluding hydrogens is 232 g/mol. The standard InChI is InChI=1S/C17H20N2/c1-2-6-15-13(4-1)5-3-7-17(15)18-16-9-11-19-10-8-14(16)12-19/h1-7,14,16,18H,8-12H2. The zero-order valence-electron chi connectivity index (χ0n) is 11.2. The van der Waals surface area contributed by atoms with Crippen LogP contribution in [0.2, 0.25) is 0 Å². The van der Waals surface area contributed by atoms with Crippen molar-refractivity contribution in [3.8, 4) is 0 Å². The molecular formula is C17H20N2. The SMILES string of the molecule is c1ccc2c(NC3CCN4CCC3C4)cccc2c1. The maximum Gasteiger partial charge on any atom is 0.0422 e. The molecule has 19 heavy (non-hydrogen) atoms. The highest BCUT2D eigenvalue weighted by Gasteiger charge is 2.34. The molecule has 2 aliphatic rings. The highest BCUT2D eigenvalue weighted by atomic mass is 15.2. The fourth-order valence-corrected chi connectivity index (χ4v) is 3.69. The molecule has 2 heterocycles. The van der Waals surface area contributed by atoms with Crippen LogP contribution in [0.4, 0.5) is 5.69 Å². The molecule has 2 nitrogen and oxygen atoms in total. The van der Waals surface area contributed by atoms with Crippen molar-refractivity contribution in [2.75, 3.05) is 25.0 Å². The van der Waals surface area contributed by atoms with E-state index < -0.39 is 0 Å². The van der Waals surface area contributed by atoms with Crippen molar-refractivity contribution < 1.29 is 0 Å². The zero-order chi connectivity index (χ0) is 12.7. The molecule has 3 atom stereocenters. The molecule has 2 aliphatic heterocycles. The minimum atomic E-state index is 0.657. The van der Waals surface area contributed by atoms with Crippen molar-refractivity contribution >= 4 is 16.5 Å². The Morgan fingerprint density at radius 1 is 0.947 bits per heavy atom. The Kier molecular flexibility index (Phi) is 2.70. The van der Waals surface area contributed by atoms with Gasteiger partial charge in [0.05, 0.1) is 0 Å². The molecule has 3 unspecified atom stereocenters. The quantitative estimate of drug-likeness (QED) is 0.881. The van der Waals surface area contributed by atoms with Crippen molar-refractivity contribution in [3.05, 3.63) is 42.5 Å². The lowest BCUT2D eigenvalue weighted by Crippen LogP contribution is -2.39. The lowest BCUT2D eigenvalue weighted by Gasteiger charge is -2.32. The molecule has 2 aromatic rings. The molecule has 2 saturated heterocycles. The third-order valence-corrected chi connectivity index (χ3v) is 4.76. The molecule has 2 bridgehead atoms. The summed E-state index contributed by atoms with van der Waals surface area (Å²) in [6.07, 6.45) is 2.65. The van der Waals surface area contributed by atoms with Gasteiger partial charge < -0.3 is 10.2 Å². The van der Waals surface area contributed by atoms with Gasteiger partial charge in [-0.15, -0.1) is 0 Å². The largest absolute Gasteiger partial charge is 0.381 e. The molecule has 2 aromatic carbocycles. The maximum absolute atomic E-state index is 3.82. The van der Waals surface area contributed by atoms with Gasteiger partial charge in [-0.05, 0) is 36.8 Å². The molecule has 2 fully saturated rings. The molecule has 0 aromatic heterocycles. The molecule has 2 heteroatoms. The number of nitrogens with zero attached hydrogens (tertiary/aromatic N) is 1. The van der Waals surface area contributed by atoms with E-state index in [1.807, 2.05) is 0 Å². The molecule has 0 spiro atoms. The van der Waals surface area contributed by atoms with E-state index in [-0.39, 0.29) is 0 Å². The van der Waals surface area contributed by atoms with E-state index in [1.165, 1.54) is 48.9 Å². The average Bonchev–Trinajstić information content (AvgIpc) is 2.85. The summed E-state index contributed by atoms with van der Waals surface area (Å²) in [6.45, 7) is 3.86. The van der Waals surface area contributed by atoms with E-state index in [0.717, 1.165) is 5.92 Å². The topological polar surface area (TPSA) is 15.3 Å². The second kappa shape index (κ2) is 4.53. The highest BCUT2D eigenvalue weighted by Crippen LogP contribution is 2.31. The molecule has 1 N–H and O–H groups in total. The molecule has 98 valence electrons. The zero-order valence-corrected chi connectivity index (χ0v) is 11.2. The van der Waals surface area contributed by atoms with E-state index >= 15 is 0 Å². The summed E-state index contributed by atoms with van der Waals surface area (Å²) in [6, 6.07) is 15.9. The van der Waals surface area contributed by atoms with Crippen LogP contribution in [0.1, 0.15) is 12.8 Å². The van der Waals surface area contributed by atoms with Crippen molar-refractivity contribution in [1.29, 1.82) is 0 Å². The maximum atomic E-state index is 3.82. The Morgan fingerprint density at radius 3 is 2.79 bits per heavy atom.